The maximum atomic E-state index is 10.9. The molecule has 2 atom stereocenters. The predicted octanol–water partition coefficient (Wildman–Crippen LogP) is 2.82. The van der Waals surface area contributed by atoms with Crippen LogP contribution in [0.1, 0.15) is 25.5 Å². The molecule has 1 aromatic carbocycles. The lowest BCUT2D eigenvalue weighted by molar-refractivity contribution is -0.158. The lowest BCUT2D eigenvalue weighted by atomic mass is 10.0. The molecule has 0 aliphatic heterocycles. The van der Waals surface area contributed by atoms with Crippen molar-refractivity contribution in [2.24, 2.45) is 0 Å². The number of nitrogens with zero attached hydrogens (tertiary/aromatic N) is 1. The van der Waals surface area contributed by atoms with Gasteiger partial charge in [0.05, 0.1) is 0 Å². The summed E-state index contributed by atoms with van der Waals surface area (Å²) in [5.41, 5.74) is -0.975. The Morgan fingerprint density at radius 3 is 2.53 bits per heavy atom. The summed E-state index contributed by atoms with van der Waals surface area (Å²) in [5.74, 6) is -1.26. The smallest absolute Gasteiger partial charge is 0.336 e. The van der Waals surface area contributed by atoms with Gasteiger partial charge in [-0.25, -0.2) is 4.79 Å². The molecule has 0 fully saturated rings. The van der Waals surface area contributed by atoms with Gasteiger partial charge in [0.15, 0.2) is 5.60 Å². The second kappa shape index (κ2) is 6.09. The van der Waals surface area contributed by atoms with Crippen molar-refractivity contribution >= 4 is 29.2 Å². The highest BCUT2D eigenvalue weighted by molar-refractivity contribution is 6.35. The first-order chi connectivity index (χ1) is 8.65. The Bertz CT molecular complexity index is 477. The number of carboxylic acid groups (broad SMARTS) is 1. The van der Waals surface area contributed by atoms with Gasteiger partial charge in [-0.2, -0.15) is 0 Å². The Balaban J connectivity index is 2.88. The van der Waals surface area contributed by atoms with Crippen molar-refractivity contribution in [2.45, 2.75) is 25.5 Å². The molecule has 0 aliphatic carbocycles. The van der Waals surface area contributed by atoms with Gasteiger partial charge in [-0.1, -0.05) is 29.3 Å². The second-order valence-electron chi connectivity index (χ2n) is 4.84. The lowest BCUT2D eigenvalue weighted by Gasteiger charge is -2.30. The van der Waals surface area contributed by atoms with Crippen molar-refractivity contribution in [3.8, 4) is 0 Å². The highest BCUT2D eigenvalue weighted by Crippen LogP contribution is 2.29. The minimum absolute atomic E-state index is 0.0115. The number of aliphatic hydroxyl groups is 1. The van der Waals surface area contributed by atoms with Crippen LogP contribution in [-0.4, -0.2) is 40.3 Å². The molecule has 6 heteroatoms. The number of hydrogen-bond acceptors (Lipinski definition) is 3. The molecule has 0 aliphatic rings. The van der Waals surface area contributed by atoms with Gasteiger partial charge in [-0.05, 0) is 38.6 Å². The standard InChI is InChI=1S/C13H17Cl2NO3/c1-8(10-5-4-9(14)6-11(10)15)16(3)7-13(2,19)12(17)18/h4-6,8,19H,7H2,1-3H3,(H,17,18). The van der Waals surface area contributed by atoms with Crippen molar-refractivity contribution in [1.82, 2.24) is 4.90 Å². The number of rotatable bonds is 5. The summed E-state index contributed by atoms with van der Waals surface area (Å²) in [5, 5.41) is 19.7. The largest absolute Gasteiger partial charge is 0.479 e. The molecule has 0 amide bonds. The van der Waals surface area contributed by atoms with Gasteiger partial charge in [0.2, 0.25) is 0 Å². The summed E-state index contributed by atoms with van der Waals surface area (Å²) in [7, 11) is 1.73. The average Bonchev–Trinajstić information content (AvgIpc) is 2.27. The van der Waals surface area contributed by atoms with Gasteiger partial charge in [0, 0.05) is 22.6 Å². The fourth-order valence-corrected chi connectivity index (χ4v) is 2.33. The first kappa shape index (κ1) is 16.2. The predicted molar refractivity (Wildman–Crippen MR) is 75.8 cm³/mol. The van der Waals surface area contributed by atoms with E-state index in [2.05, 4.69) is 0 Å². The van der Waals surface area contributed by atoms with Crippen molar-refractivity contribution < 1.29 is 15.0 Å². The highest BCUT2D eigenvalue weighted by atomic mass is 35.5. The molecule has 0 bridgehead atoms. The van der Waals surface area contributed by atoms with E-state index >= 15 is 0 Å². The van der Waals surface area contributed by atoms with E-state index in [-0.39, 0.29) is 12.6 Å². The van der Waals surface area contributed by atoms with E-state index in [9.17, 15) is 9.90 Å². The summed E-state index contributed by atoms with van der Waals surface area (Å²) in [4.78, 5) is 12.6. The minimum atomic E-state index is -1.80. The molecule has 1 rings (SSSR count). The molecule has 2 N–H and O–H groups in total. The van der Waals surface area contributed by atoms with Crippen LogP contribution in [0.25, 0.3) is 0 Å². The second-order valence-corrected chi connectivity index (χ2v) is 5.68. The van der Waals surface area contributed by atoms with Crippen LogP contribution in [0.5, 0.6) is 0 Å². The molecule has 106 valence electrons. The van der Waals surface area contributed by atoms with E-state index in [1.165, 1.54) is 6.92 Å². The van der Waals surface area contributed by atoms with E-state index in [1.807, 2.05) is 6.92 Å². The molecule has 0 aromatic heterocycles. The molecule has 0 radical (unpaired) electrons. The molecule has 4 nitrogen and oxygen atoms in total. The quantitative estimate of drug-likeness (QED) is 0.878. The van der Waals surface area contributed by atoms with Gasteiger partial charge in [-0.3, -0.25) is 4.90 Å². The third-order valence-electron chi connectivity index (χ3n) is 3.09. The van der Waals surface area contributed by atoms with E-state index < -0.39 is 11.6 Å². The molecular formula is C13H17Cl2NO3. The average molecular weight is 306 g/mol. The van der Waals surface area contributed by atoms with Crippen LogP contribution >= 0.6 is 23.2 Å². The highest BCUT2D eigenvalue weighted by Gasteiger charge is 2.33. The summed E-state index contributed by atoms with van der Waals surface area (Å²) >= 11 is 11.9. The first-order valence-electron chi connectivity index (χ1n) is 5.76. The number of likely N-dealkylation sites (N-methyl/N-ethyl adjacent to an activating group) is 1. The number of carbonyl (C=O) groups is 1. The molecule has 2 unspecified atom stereocenters. The lowest BCUT2D eigenvalue weighted by Crippen LogP contribution is -2.46. The molecular weight excluding hydrogens is 289 g/mol. The van der Waals surface area contributed by atoms with E-state index in [1.54, 1.807) is 30.1 Å². The van der Waals surface area contributed by atoms with Gasteiger partial charge < -0.3 is 10.2 Å². The van der Waals surface area contributed by atoms with Crippen LogP contribution in [0.15, 0.2) is 18.2 Å². The number of aliphatic carboxylic acids is 1. The van der Waals surface area contributed by atoms with E-state index in [0.717, 1.165) is 5.56 Å². The van der Waals surface area contributed by atoms with E-state index in [4.69, 9.17) is 28.3 Å². The topological polar surface area (TPSA) is 60.8 Å². The molecule has 0 heterocycles. The molecule has 1 aromatic rings. The maximum Gasteiger partial charge on any atom is 0.336 e. The fraction of sp³-hybridized carbons (Fsp3) is 0.462. The number of hydrogen-bond donors (Lipinski definition) is 2. The van der Waals surface area contributed by atoms with Crippen LogP contribution in [0.2, 0.25) is 10.0 Å². The summed E-state index contributed by atoms with van der Waals surface area (Å²) in [6.45, 7) is 3.14. The molecule has 0 spiro atoms. The normalized spacial score (nSPS) is 16.2. The Kier molecular flexibility index (Phi) is 5.21. The van der Waals surface area contributed by atoms with Crippen LogP contribution < -0.4 is 0 Å². The summed E-state index contributed by atoms with van der Waals surface area (Å²) < 4.78 is 0. The third kappa shape index (κ3) is 4.08. The number of halogens is 2. The maximum absolute atomic E-state index is 10.9. The van der Waals surface area contributed by atoms with Gasteiger partial charge in [0.25, 0.3) is 0 Å². The van der Waals surface area contributed by atoms with Crippen molar-refractivity contribution in [3.05, 3.63) is 33.8 Å². The zero-order valence-electron chi connectivity index (χ0n) is 11.0. The summed E-state index contributed by atoms with van der Waals surface area (Å²) in [6, 6.07) is 5.01. The van der Waals surface area contributed by atoms with Crippen molar-refractivity contribution in [2.75, 3.05) is 13.6 Å². The monoisotopic (exact) mass is 305 g/mol. The Labute approximate surface area is 122 Å². The van der Waals surface area contributed by atoms with E-state index in [0.29, 0.717) is 10.0 Å². The van der Waals surface area contributed by atoms with Crippen LogP contribution in [0, 0.1) is 0 Å². The third-order valence-corrected chi connectivity index (χ3v) is 3.65. The zero-order valence-corrected chi connectivity index (χ0v) is 12.5. The number of benzene rings is 1. The first-order valence-corrected chi connectivity index (χ1v) is 6.51. The SMILES string of the molecule is CC(c1ccc(Cl)cc1Cl)N(C)CC(C)(O)C(=O)O. The van der Waals surface area contributed by atoms with Crippen LogP contribution in [0.3, 0.4) is 0 Å². The fourth-order valence-electron chi connectivity index (χ4n) is 1.77. The van der Waals surface area contributed by atoms with Gasteiger partial charge in [0.1, 0.15) is 0 Å². The van der Waals surface area contributed by atoms with Crippen molar-refractivity contribution in [1.29, 1.82) is 0 Å². The zero-order chi connectivity index (χ0) is 14.8. The minimum Gasteiger partial charge on any atom is -0.479 e. The summed E-state index contributed by atoms with van der Waals surface area (Å²) in [6.07, 6.45) is 0. The Hall–Kier alpha value is -0.810. The van der Waals surface area contributed by atoms with Crippen LogP contribution in [0.4, 0.5) is 0 Å². The number of carboxylic acids is 1. The van der Waals surface area contributed by atoms with Gasteiger partial charge in [-0.15, -0.1) is 0 Å². The molecule has 0 saturated carbocycles. The molecule has 19 heavy (non-hydrogen) atoms. The Morgan fingerprint density at radius 1 is 1.47 bits per heavy atom. The Morgan fingerprint density at radius 2 is 2.05 bits per heavy atom. The van der Waals surface area contributed by atoms with Crippen LogP contribution in [-0.2, 0) is 4.79 Å². The van der Waals surface area contributed by atoms with Crippen molar-refractivity contribution in [3.63, 3.8) is 0 Å². The molecule has 0 saturated heterocycles. The van der Waals surface area contributed by atoms with Gasteiger partial charge >= 0.3 is 5.97 Å².